The van der Waals surface area contributed by atoms with E-state index < -0.39 is 46.8 Å². The third kappa shape index (κ3) is 3.12. The van der Waals surface area contributed by atoms with Gasteiger partial charge < -0.3 is 20.4 Å². The molecule has 0 amide bonds. The van der Waals surface area contributed by atoms with Crippen LogP contribution in [0.3, 0.4) is 0 Å². The molecule has 0 bridgehead atoms. The number of hydrogen-bond donors (Lipinski definition) is 4. The molecule has 8 nitrogen and oxygen atoms in total. The molecule has 0 aliphatic rings. The maximum absolute atomic E-state index is 12.3. The lowest BCUT2D eigenvalue weighted by molar-refractivity contribution is -0.148. The van der Waals surface area contributed by atoms with E-state index in [9.17, 15) is 39.6 Å². The van der Waals surface area contributed by atoms with Crippen LogP contribution < -0.4 is 0 Å². The average Bonchev–Trinajstić information content (AvgIpc) is 2.59. The summed E-state index contributed by atoms with van der Waals surface area (Å²) in [5, 5.41) is 38.1. The van der Waals surface area contributed by atoms with Crippen molar-refractivity contribution in [3.05, 3.63) is 70.8 Å². The third-order valence-electron chi connectivity index (χ3n) is 4.02. The second-order valence-corrected chi connectivity index (χ2v) is 5.48. The zero-order valence-electron chi connectivity index (χ0n) is 13.2. The van der Waals surface area contributed by atoms with Gasteiger partial charge in [-0.1, -0.05) is 36.4 Å². The van der Waals surface area contributed by atoms with Gasteiger partial charge in [0.1, 0.15) is 5.41 Å². The number of aromatic carboxylic acids is 2. The van der Waals surface area contributed by atoms with Crippen LogP contribution in [0.4, 0.5) is 0 Å². The monoisotopic (exact) mass is 358 g/mol. The largest absolute Gasteiger partial charge is 0.481 e. The van der Waals surface area contributed by atoms with Crippen LogP contribution in [0.25, 0.3) is 0 Å². The Morgan fingerprint density at radius 3 is 1.38 bits per heavy atom. The molecule has 134 valence electrons. The van der Waals surface area contributed by atoms with Gasteiger partial charge in [0.15, 0.2) is 0 Å². The van der Waals surface area contributed by atoms with Crippen molar-refractivity contribution >= 4 is 23.9 Å². The summed E-state index contributed by atoms with van der Waals surface area (Å²) in [5.74, 6) is -6.09. The van der Waals surface area contributed by atoms with Crippen molar-refractivity contribution < 1.29 is 39.6 Å². The Labute approximate surface area is 147 Å². The van der Waals surface area contributed by atoms with E-state index in [1.807, 2.05) is 0 Å². The van der Waals surface area contributed by atoms with Gasteiger partial charge in [-0.25, -0.2) is 9.59 Å². The second-order valence-electron chi connectivity index (χ2n) is 5.48. The zero-order valence-corrected chi connectivity index (χ0v) is 13.2. The molecule has 2 aromatic rings. The molecule has 2 aromatic carbocycles. The van der Waals surface area contributed by atoms with E-state index in [2.05, 4.69) is 0 Å². The topological polar surface area (TPSA) is 149 Å². The molecule has 0 saturated heterocycles. The molecule has 0 heterocycles. The summed E-state index contributed by atoms with van der Waals surface area (Å²) in [7, 11) is 0. The van der Waals surface area contributed by atoms with E-state index in [1.165, 1.54) is 36.4 Å². The summed E-state index contributed by atoms with van der Waals surface area (Å²) in [4.78, 5) is 46.9. The van der Waals surface area contributed by atoms with Crippen LogP contribution in [-0.4, -0.2) is 44.3 Å². The molecule has 4 N–H and O–H groups in total. The van der Waals surface area contributed by atoms with Gasteiger partial charge in [-0.3, -0.25) is 9.59 Å². The maximum Gasteiger partial charge on any atom is 0.336 e. The van der Waals surface area contributed by atoms with Gasteiger partial charge in [-0.15, -0.1) is 0 Å². The fraction of sp³-hybridized carbons (Fsp3) is 0.111. The predicted octanol–water partition coefficient (Wildman–Crippen LogP) is 1.93. The van der Waals surface area contributed by atoms with E-state index in [0.717, 1.165) is 12.1 Å². The lowest BCUT2D eigenvalue weighted by Crippen LogP contribution is -2.42. The first kappa shape index (κ1) is 18.7. The summed E-state index contributed by atoms with van der Waals surface area (Å²) in [6.45, 7) is 0. The highest BCUT2D eigenvalue weighted by atomic mass is 16.4. The van der Waals surface area contributed by atoms with Crippen molar-refractivity contribution in [2.45, 2.75) is 11.8 Å². The van der Waals surface area contributed by atoms with Gasteiger partial charge in [0, 0.05) is 0 Å². The van der Waals surface area contributed by atoms with E-state index in [1.54, 1.807) is 0 Å². The first-order valence-electron chi connectivity index (χ1n) is 7.32. The van der Waals surface area contributed by atoms with Crippen molar-refractivity contribution in [3.8, 4) is 0 Å². The van der Waals surface area contributed by atoms with Crippen LogP contribution >= 0.6 is 0 Å². The quantitative estimate of drug-likeness (QED) is 0.586. The molecular weight excluding hydrogens is 344 g/mol. The van der Waals surface area contributed by atoms with Crippen molar-refractivity contribution in [2.24, 2.45) is 0 Å². The Balaban J connectivity index is 2.99. The Morgan fingerprint density at radius 2 is 1.08 bits per heavy atom. The minimum atomic E-state index is -2.39. The molecule has 8 heteroatoms. The predicted molar refractivity (Wildman–Crippen MR) is 87.5 cm³/mol. The molecule has 0 atom stereocenters. The summed E-state index contributed by atoms with van der Waals surface area (Å²) >= 11 is 0. The Morgan fingerprint density at radius 1 is 0.692 bits per heavy atom. The maximum atomic E-state index is 12.3. The summed E-state index contributed by atoms with van der Waals surface area (Å²) in [6, 6.07) is 10.1. The van der Waals surface area contributed by atoms with E-state index in [0.29, 0.717) is 0 Å². The molecule has 0 fully saturated rings. The first-order chi connectivity index (χ1) is 12.2. The first-order valence-corrected chi connectivity index (χ1v) is 7.32. The highest BCUT2D eigenvalue weighted by Gasteiger charge is 2.48. The minimum absolute atomic E-state index is 0.309. The lowest BCUT2D eigenvalue weighted by Gasteiger charge is -2.31. The molecule has 26 heavy (non-hydrogen) atoms. The molecule has 0 aliphatic heterocycles. The molecule has 0 spiro atoms. The van der Waals surface area contributed by atoms with Crippen molar-refractivity contribution in [3.63, 3.8) is 0 Å². The smallest absolute Gasteiger partial charge is 0.336 e. The van der Waals surface area contributed by atoms with Crippen LogP contribution in [0.5, 0.6) is 0 Å². The second kappa shape index (κ2) is 7.06. The zero-order chi connectivity index (χ0) is 19.5. The molecule has 0 radical (unpaired) electrons. The van der Waals surface area contributed by atoms with Crippen LogP contribution in [0.15, 0.2) is 48.5 Å². The number of carbonyl (C=O) groups is 4. The standard InChI is InChI=1S/C18H14O8/c19-14(20)9-18(17(25)26,12-7-3-1-5-10(12)15(21)22)13-8-4-2-6-11(13)16(23)24/h1-8H,9H2,(H,19,20)(H,21,22)(H,23,24)(H,25,26). The number of carboxylic acids is 4. The van der Waals surface area contributed by atoms with Gasteiger partial charge in [-0.2, -0.15) is 0 Å². The minimum Gasteiger partial charge on any atom is -0.481 e. The van der Waals surface area contributed by atoms with Gasteiger partial charge in [0.05, 0.1) is 17.5 Å². The highest BCUT2D eigenvalue weighted by Crippen LogP contribution is 2.40. The van der Waals surface area contributed by atoms with Gasteiger partial charge >= 0.3 is 23.9 Å². The Bertz CT molecular complexity index is 842. The van der Waals surface area contributed by atoms with E-state index >= 15 is 0 Å². The third-order valence-corrected chi connectivity index (χ3v) is 4.02. The van der Waals surface area contributed by atoms with Crippen molar-refractivity contribution in [2.75, 3.05) is 0 Å². The van der Waals surface area contributed by atoms with Crippen LogP contribution in [0, 0.1) is 0 Å². The molecule has 2 rings (SSSR count). The average molecular weight is 358 g/mol. The fourth-order valence-corrected chi connectivity index (χ4v) is 2.95. The van der Waals surface area contributed by atoms with Crippen molar-refractivity contribution in [1.82, 2.24) is 0 Å². The number of hydrogen-bond acceptors (Lipinski definition) is 4. The molecule has 0 saturated carbocycles. The molecular formula is C18H14O8. The van der Waals surface area contributed by atoms with Gasteiger partial charge in [0.25, 0.3) is 0 Å². The van der Waals surface area contributed by atoms with E-state index in [-0.39, 0.29) is 11.1 Å². The highest BCUT2D eigenvalue weighted by molar-refractivity contribution is 6.00. The Hall–Kier alpha value is -3.68. The molecule has 0 aromatic heterocycles. The fourth-order valence-electron chi connectivity index (χ4n) is 2.95. The SMILES string of the molecule is O=C(O)CC(C(=O)O)(c1ccccc1C(=O)O)c1ccccc1C(=O)O. The van der Waals surface area contributed by atoms with Crippen molar-refractivity contribution in [1.29, 1.82) is 0 Å². The van der Waals surface area contributed by atoms with Gasteiger partial charge in [0.2, 0.25) is 0 Å². The summed E-state index contributed by atoms with van der Waals surface area (Å²) < 4.78 is 0. The summed E-state index contributed by atoms with van der Waals surface area (Å²) in [5.41, 5.74) is -3.85. The number of aliphatic carboxylic acids is 2. The normalized spacial score (nSPS) is 10.9. The van der Waals surface area contributed by atoms with Crippen LogP contribution in [-0.2, 0) is 15.0 Å². The number of benzene rings is 2. The molecule has 0 unspecified atom stereocenters. The Kier molecular flexibility index (Phi) is 5.06. The molecule has 0 aliphatic carbocycles. The number of carboxylic acid groups (broad SMARTS) is 4. The lowest BCUT2D eigenvalue weighted by atomic mass is 9.69. The van der Waals surface area contributed by atoms with E-state index in [4.69, 9.17) is 0 Å². The van der Waals surface area contributed by atoms with Crippen LogP contribution in [0.2, 0.25) is 0 Å². The van der Waals surface area contributed by atoms with Gasteiger partial charge in [-0.05, 0) is 23.3 Å². The number of rotatable bonds is 7. The van der Waals surface area contributed by atoms with Crippen LogP contribution in [0.1, 0.15) is 38.3 Å². The summed E-state index contributed by atoms with van der Waals surface area (Å²) in [6.07, 6.45) is -1.03.